The number of carbonyl (C=O) groups is 1. The predicted molar refractivity (Wildman–Crippen MR) is 104 cm³/mol. The fraction of sp³-hybridized carbons (Fsp3) is 0.0909. The Morgan fingerprint density at radius 1 is 1.10 bits per heavy atom. The lowest BCUT2D eigenvalue weighted by atomic mass is 10.1. The number of aromatic nitrogens is 1. The molecule has 2 aromatic carbocycles. The molecule has 0 fully saturated rings. The van der Waals surface area contributed by atoms with Crippen molar-refractivity contribution in [3.8, 4) is 5.75 Å². The molecule has 3 rings (SSSR count). The minimum atomic E-state index is -4.53. The van der Waals surface area contributed by atoms with E-state index in [0.29, 0.717) is 0 Å². The first-order valence-corrected chi connectivity index (χ1v) is 8.65. The first-order valence-electron chi connectivity index (χ1n) is 8.65. The minimum absolute atomic E-state index is 0.0487. The lowest BCUT2D eigenvalue weighted by Crippen LogP contribution is -2.09. The monoisotopic (exact) mass is 398 g/mol. The number of ketones is 1. The molecule has 29 heavy (non-hydrogen) atoms. The van der Waals surface area contributed by atoms with Gasteiger partial charge in [0.05, 0.1) is 16.8 Å². The quantitative estimate of drug-likeness (QED) is 0.404. The van der Waals surface area contributed by atoms with Gasteiger partial charge in [-0.2, -0.15) is 13.2 Å². The largest absolute Gasteiger partial charge is 0.487 e. The lowest BCUT2D eigenvalue weighted by Gasteiger charge is -2.17. The van der Waals surface area contributed by atoms with Crippen LogP contribution in [-0.4, -0.2) is 10.8 Å². The maximum absolute atomic E-state index is 13.2. The Morgan fingerprint density at radius 2 is 1.86 bits per heavy atom. The van der Waals surface area contributed by atoms with Crippen molar-refractivity contribution in [1.82, 2.24) is 4.98 Å². The van der Waals surface area contributed by atoms with Crippen LogP contribution in [0.2, 0.25) is 0 Å². The predicted octanol–water partition coefficient (Wildman–Crippen LogP) is 5.79. The Hall–Kier alpha value is -3.61. The summed E-state index contributed by atoms with van der Waals surface area (Å²) in [5, 5.41) is 2.80. The van der Waals surface area contributed by atoms with Gasteiger partial charge in [-0.1, -0.05) is 36.9 Å². The van der Waals surface area contributed by atoms with E-state index in [2.05, 4.69) is 16.9 Å². The Kier molecular flexibility index (Phi) is 5.97. The van der Waals surface area contributed by atoms with Gasteiger partial charge in [0.2, 0.25) is 0 Å². The van der Waals surface area contributed by atoms with Crippen molar-refractivity contribution in [2.45, 2.75) is 12.8 Å². The van der Waals surface area contributed by atoms with Gasteiger partial charge in [0.15, 0.2) is 5.78 Å². The number of alkyl halides is 3. The van der Waals surface area contributed by atoms with E-state index in [-0.39, 0.29) is 29.4 Å². The third-order valence-electron chi connectivity index (χ3n) is 4.06. The molecule has 1 N–H and O–H groups in total. The number of nitrogens with one attached hydrogen (secondary N) is 1. The second-order valence-corrected chi connectivity index (χ2v) is 6.08. The van der Waals surface area contributed by atoms with E-state index >= 15 is 0 Å². The second kappa shape index (κ2) is 8.60. The van der Waals surface area contributed by atoms with Crippen LogP contribution in [0.4, 0.5) is 24.7 Å². The van der Waals surface area contributed by atoms with Crippen LogP contribution in [0.25, 0.3) is 0 Å². The van der Waals surface area contributed by atoms with Crippen molar-refractivity contribution in [2.24, 2.45) is 0 Å². The summed E-state index contributed by atoms with van der Waals surface area (Å²) in [5.41, 5.74) is 0.250. The number of benzene rings is 2. The lowest BCUT2D eigenvalue weighted by molar-refractivity contribution is -0.137. The van der Waals surface area contributed by atoms with Crippen molar-refractivity contribution in [3.05, 3.63) is 96.2 Å². The molecule has 0 radical (unpaired) electrons. The molecule has 0 aliphatic heterocycles. The Bertz CT molecular complexity index is 1020. The van der Waals surface area contributed by atoms with Crippen molar-refractivity contribution < 1.29 is 22.7 Å². The van der Waals surface area contributed by atoms with E-state index in [9.17, 15) is 18.0 Å². The number of anilines is 2. The van der Waals surface area contributed by atoms with Gasteiger partial charge in [-0.25, -0.2) is 4.98 Å². The number of hydrogen-bond donors (Lipinski definition) is 1. The number of ether oxygens (including phenoxy) is 1. The third-order valence-corrected chi connectivity index (χ3v) is 4.06. The number of rotatable bonds is 7. The highest BCUT2D eigenvalue weighted by Gasteiger charge is 2.31. The molecule has 4 nitrogen and oxygen atoms in total. The molecule has 0 atom stereocenters. The number of carbonyl (C=O) groups excluding carboxylic acids is 1. The van der Waals surface area contributed by atoms with E-state index in [0.717, 1.165) is 23.8 Å². The van der Waals surface area contributed by atoms with E-state index < -0.39 is 17.5 Å². The van der Waals surface area contributed by atoms with Crippen molar-refractivity contribution in [1.29, 1.82) is 0 Å². The zero-order valence-electron chi connectivity index (χ0n) is 15.2. The van der Waals surface area contributed by atoms with Gasteiger partial charge in [0, 0.05) is 6.20 Å². The van der Waals surface area contributed by atoms with Crippen LogP contribution >= 0.6 is 0 Å². The van der Waals surface area contributed by atoms with Crippen LogP contribution in [0.1, 0.15) is 21.5 Å². The van der Waals surface area contributed by atoms with Crippen LogP contribution in [0, 0.1) is 0 Å². The number of hydrogen-bond acceptors (Lipinski definition) is 4. The first-order chi connectivity index (χ1) is 13.9. The Morgan fingerprint density at radius 3 is 2.55 bits per heavy atom. The van der Waals surface area contributed by atoms with Gasteiger partial charge in [-0.05, 0) is 42.0 Å². The molecule has 0 saturated heterocycles. The van der Waals surface area contributed by atoms with Gasteiger partial charge >= 0.3 is 6.18 Å². The molecule has 7 heteroatoms. The molecule has 0 unspecified atom stereocenters. The number of pyridine rings is 1. The van der Waals surface area contributed by atoms with E-state index in [1.54, 1.807) is 6.07 Å². The highest BCUT2D eigenvalue weighted by molar-refractivity contribution is 6.07. The molecule has 3 aromatic rings. The smallest absolute Gasteiger partial charge is 0.416 e. The first kappa shape index (κ1) is 20.1. The SMILES string of the molecule is C=CC(=O)c1cccnc1Nc1cc(C(F)(F)F)ccc1OCc1ccccc1. The highest BCUT2D eigenvalue weighted by Crippen LogP contribution is 2.36. The van der Waals surface area contributed by atoms with Gasteiger partial charge in [0.25, 0.3) is 0 Å². The summed E-state index contributed by atoms with van der Waals surface area (Å²) in [6.07, 6.45) is -1.99. The van der Waals surface area contributed by atoms with E-state index in [4.69, 9.17) is 4.74 Å². The normalized spacial score (nSPS) is 11.0. The van der Waals surface area contributed by atoms with Gasteiger partial charge in [-0.3, -0.25) is 4.79 Å². The number of halogens is 3. The Labute approximate surface area is 165 Å². The number of allylic oxidation sites excluding steroid dienone is 1. The van der Waals surface area contributed by atoms with Gasteiger partial charge in [-0.15, -0.1) is 0 Å². The molecule has 0 aliphatic carbocycles. The van der Waals surface area contributed by atoms with Gasteiger partial charge < -0.3 is 10.1 Å². The minimum Gasteiger partial charge on any atom is -0.487 e. The summed E-state index contributed by atoms with van der Waals surface area (Å²) in [7, 11) is 0. The third kappa shape index (κ3) is 5.01. The maximum Gasteiger partial charge on any atom is 0.416 e. The summed E-state index contributed by atoms with van der Waals surface area (Å²) < 4.78 is 45.3. The molecule has 0 saturated carbocycles. The summed E-state index contributed by atoms with van der Waals surface area (Å²) in [6, 6.07) is 15.4. The van der Waals surface area contributed by atoms with Crippen LogP contribution in [-0.2, 0) is 12.8 Å². The molecule has 0 amide bonds. The molecule has 0 bridgehead atoms. The zero-order chi connectivity index (χ0) is 20.9. The van der Waals surface area contributed by atoms with Crippen molar-refractivity contribution in [3.63, 3.8) is 0 Å². The standard InChI is InChI=1S/C22H17F3N2O2/c1-2-19(28)17-9-6-12-26-21(17)27-18-13-16(22(23,24)25)10-11-20(18)29-14-15-7-4-3-5-8-15/h2-13H,1,14H2,(H,26,27). The average Bonchev–Trinajstić information content (AvgIpc) is 2.72. The fourth-order valence-corrected chi connectivity index (χ4v) is 2.61. The summed E-state index contributed by atoms with van der Waals surface area (Å²) in [4.78, 5) is 16.1. The topological polar surface area (TPSA) is 51.2 Å². The van der Waals surface area contributed by atoms with Crippen LogP contribution in [0.3, 0.4) is 0 Å². The van der Waals surface area contributed by atoms with Crippen LogP contribution in [0.15, 0.2) is 79.5 Å². The Balaban J connectivity index is 1.96. The van der Waals surface area contributed by atoms with Crippen molar-refractivity contribution in [2.75, 3.05) is 5.32 Å². The molecule has 0 spiro atoms. The second-order valence-electron chi connectivity index (χ2n) is 6.08. The summed E-state index contributed by atoms with van der Waals surface area (Å²) in [5.74, 6) is -0.0925. The number of nitrogens with zero attached hydrogens (tertiary/aromatic N) is 1. The van der Waals surface area contributed by atoms with Crippen LogP contribution < -0.4 is 10.1 Å². The average molecular weight is 398 g/mol. The summed E-state index contributed by atoms with van der Waals surface area (Å²) in [6.45, 7) is 3.60. The van der Waals surface area contributed by atoms with E-state index in [1.165, 1.54) is 18.3 Å². The fourth-order valence-electron chi connectivity index (χ4n) is 2.61. The molecule has 0 aliphatic rings. The molecule has 1 aromatic heterocycles. The summed E-state index contributed by atoms with van der Waals surface area (Å²) >= 11 is 0. The zero-order valence-corrected chi connectivity index (χ0v) is 15.2. The van der Waals surface area contributed by atoms with Crippen LogP contribution in [0.5, 0.6) is 5.75 Å². The molecular formula is C22H17F3N2O2. The van der Waals surface area contributed by atoms with Gasteiger partial charge in [0.1, 0.15) is 18.2 Å². The highest BCUT2D eigenvalue weighted by atomic mass is 19.4. The molecular weight excluding hydrogens is 381 g/mol. The molecule has 1 heterocycles. The van der Waals surface area contributed by atoms with E-state index in [1.807, 2.05) is 30.3 Å². The van der Waals surface area contributed by atoms with Crippen molar-refractivity contribution >= 4 is 17.3 Å². The molecule has 148 valence electrons. The maximum atomic E-state index is 13.2.